The topological polar surface area (TPSA) is 83.4 Å². The molecule has 1 N–H and O–H groups in total. The summed E-state index contributed by atoms with van der Waals surface area (Å²) in [4.78, 5) is 24.3. The second kappa shape index (κ2) is 5.57. The smallest absolute Gasteiger partial charge is 0.326 e. The molecule has 1 aromatic heterocycles. The molecule has 0 saturated heterocycles. The number of aliphatic carboxylic acids is 1. The Balaban J connectivity index is 3.10. The summed E-state index contributed by atoms with van der Waals surface area (Å²) < 4.78 is 0. The first-order valence-corrected chi connectivity index (χ1v) is 5.71. The minimum atomic E-state index is -1.04. The van der Waals surface area contributed by atoms with Crippen molar-refractivity contribution in [1.82, 2.24) is 15.1 Å². The molecule has 0 bridgehead atoms. The van der Waals surface area contributed by atoms with Crippen LogP contribution >= 0.6 is 0 Å². The number of amides is 1. The highest BCUT2D eigenvalue weighted by molar-refractivity contribution is 5.97. The summed E-state index contributed by atoms with van der Waals surface area (Å²) in [5.41, 5.74) is 1.63. The van der Waals surface area contributed by atoms with Gasteiger partial charge >= 0.3 is 5.97 Å². The van der Waals surface area contributed by atoms with Gasteiger partial charge in [-0.05, 0) is 26.3 Å². The van der Waals surface area contributed by atoms with Crippen LogP contribution in [0.3, 0.4) is 0 Å². The van der Waals surface area contributed by atoms with E-state index >= 15 is 0 Å². The summed E-state index contributed by atoms with van der Waals surface area (Å²) in [6, 6.07) is 0.759. The van der Waals surface area contributed by atoms with Crippen LogP contribution in [0, 0.1) is 6.92 Å². The van der Waals surface area contributed by atoms with Crippen LogP contribution in [-0.2, 0) is 11.2 Å². The van der Waals surface area contributed by atoms with Crippen molar-refractivity contribution in [2.24, 2.45) is 0 Å². The van der Waals surface area contributed by atoms with Gasteiger partial charge in [-0.2, -0.15) is 10.2 Å². The Morgan fingerprint density at radius 2 is 2.06 bits per heavy atom. The first-order valence-electron chi connectivity index (χ1n) is 5.71. The van der Waals surface area contributed by atoms with E-state index in [0.717, 1.165) is 0 Å². The van der Waals surface area contributed by atoms with Crippen LogP contribution in [0.2, 0.25) is 0 Å². The molecule has 0 fully saturated rings. The summed E-state index contributed by atoms with van der Waals surface area (Å²) >= 11 is 0. The summed E-state index contributed by atoms with van der Waals surface area (Å²) in [5.74, 6) is -1.39. The number of hydrogen-bond acceptors (Lipinski definition) is 4. The Morgan fingerprint density at radius 1 is 1.44 bits per heavy atom. The average Bonchev–Trinajstić information content (AvgIpc) is 2.35. The largest absolute Gasteiger partial charge is 0.480 e. The SMILES string of the molecule is CCc1nnc(C)cc1C(=O)N(C)C(C)C(=O)O. The molecule has 0 spiro atoms. The van der Waals surface area contributed by atoms with Crippen LogP contribution in [-0.4, -0.2) is 45.2 Å². The summed E-state index contributed by atoms with van der Waals surface area (Å²) in [6.07, 6.45) is 0.573. The number of nitrogens with zero attached hydrogens (tertiary/aromatic N) is 3. The van der Waals surface area contributed by atoms with E-state index in [4.69, 9.17) is 5.11 Å². The zero-order valence-corrected chi connectivity index (χ0v) is 11.0. The van der Waals surface area contributed by atoms with Gasteiger partial charge in [0.2, 0.25) is 0 Å². The quantitative estimate of drug-likeness (QED) is 0.859. The summed E-state index contributed by atoms with van der Waals surface area (Å²) in [7, 11) is 1.47. The fourth-order valence-electron chi connectivity index (χ4n) is 1.49. The Labute approximate surface area is 106 Å². The van der Waals surface area contributed by atoms with Crippen molar-refractivity contribution in [1.29, 1.82) is 0 Å². The van der Waals surface area contributed by atoms with Crippen molar-refractivity contribution in [2.75, 3.05) is 7.05 Å². The molecule has 0 aliphatic carbocycles. The molecule has 1 rings (SSSR count). The van der Waals surface area contributed by atoms with Gasteiger partial charge in [0.25, 0.3) is 5.91 Å². The second-order valence-electron chi connectivity index (χ2n) is 4.13. The lowest BCUT2D eigenvalue weighted by Crippen LogP contribution is -2.40. The van der Waals surface area contributed by atoms with E-state index < -0.39 is 12.0 Å². The zero-order chi connectivity index (χ0) is 13.9. The van der Waals surface area contributed by atoms with Gasteiger partial charge in [-0.15, -0.1) is 0 Å². The van der Waals surface area contributed by atoms with E-state index in [9.17, 15) is 9.59 Å². The standard InChI is InChI=1S/C12H17N3O3/c1-5-10-9(6-7(2)13-14-10)11(16)15(4)8(3)12(17)18/h6,8H,5H2,1-4H3,(H,17,18). The minimum absolute atomic E-state index is 0.347. The minimum Gasteiger partial charge on any atom is -0.480 e. The maximum Gasteiger partial charge on any atom is 0.326 e. The van der Waals surface area contributed by atoms with E-state index in [1.54, 1.807) is 13.0 Å². The predicted octanol–water partition coefficient (Wildman–Crippen LogP) is 0.893. The third-order valence-corrected chi connectivity index (χ3v) is 2.82. The molecule has 1 aromatic rings. The fourth-order valence-corrected chi connectivity index (χ4v) is 1.49. The van der Waals surface area contributed by atoms with Crippen LogP contribution < -0.4 is 0 Å². The van der Waals surface area contributed by atoms with Crippen LogP contribution in [0.1, 0.15) is 35.6 Å². The highest BCUT2D eigenvalue weighted by Gasteiger charge is 2.24. The van der Waals surface area contributed by atoms with E-state index in [2.05, 4.69) is 10.2 Å². The predicted molar refractivity (Wildman–Crippen MR) is 65.3 cm³/mol. The Hall–Kier alpha value is -1.98. The van der Waals surface area contributed by atoms with Gasteiger partial charge < -0.3 is 10.0 Å². The van der Waals surface area contributed by atoms with Gasteiger partial charge in [0.05, 0.1) is 17.0 Å². The molecule has 1 atom stereocenters. The second-order valence-corrected chi connectivity index (χ2v) is 4.13. The number of carbonyl (C=O) groups excluding carboxylic acids is 1. The van der Waals surface area contributed by atoms with Crippen molar-refractivity contribution in [3.05, 3.63) is 23.0 Å². The maximum atomic E-state index is 12.2. The van der Waals surface area contributed by atoms with Gasteiger partial charge in [0, 0.05) is 7.05 Å². The zero-order valence-electron chi connectivity index (χ0n) is 11.0. The first-order chi connectivity index (χ1) is 8.38. The number of hydrogen-bond donors (Lipinski definition) is 1. The normalized spacial score (nSPS) is 12.0. The van der Waals surface area contributed by atoms with Gasteiger partial charge in [-0.3, -0.25) is 4.79 Å². The van der Waals surface area contributed by atoms with Gasteiger partial charge in [-0.25, -0.2) is 4.79 Å². The lowest BCUT2D eigenvalue weighted by molar-refractivity contribution is -0.141. The number of rotatable bonds is 4. The third-order valence-electron chi connectivity index (χ3n) is 2.82. The number of carboxylic acid groups (broad SMARTS) is 1. The molecule has 0 saturated carbocycles. The summed E-state index contributed by atoms with van der Waals surface area (Å²) in [5, 5.41) is 16.8. The molecular formula is C12H17N3O3. The van der Waals surface area contributed by atoms with Crippen LogP contribution in [0.5, 0.6) is 0 Å². The van der Waals surface area contributed by atoms with Crippen molar-refractivity contribution in [3.63, 3.8) is 0 Å². The molecule has 0 aromatic carbocycles. The number of aromatic nitrogens is 2. The maximum absolute atomic E-state index is 12.2. The average molecular weight is 251 g/mol. The Bertz CT molecular complexity index is 474. The molecular weight excluding hydrogens is 234 g/mol. The molecule has 6 nitrogen and oxygen atoms in total. The van der Waals surface area contributed by atoms with Crippen molar-refractivity contribution in [3.8, 4) is 0 Å². The number of carbonyl (C=O) groups is 2. The number of aryl methyl sites for hydroxylation is 2. The van der Waals surface area contributed by atoms with Gasteiger partial charge in [0.1, 0.15) is 6.04 Å². The molecule has 0 aliphatic rings. The molecule has 0 aliphatic heterocycles. The van der Waals surface area contributed by atoms with Crippen LogP contribution in [0.25, 0.3) is 0 Å². The van der Waals surface area contributed by atoms with Crippen molar-refractivity contribution >= 4 is 11.9 Å². The molecule has 1 heterocycles. The lowest BCUT2D eigenvalue weighted by atomic mass is 10.1. The molecule has 0 radical (unpaired) electrons. The fraction of sp³-hybridized carbons (Fsp3) is 0.500. The van der Waals surface area contributed by atoms with Crippen LogP contribution in [0.15, 0.2) is 6.07 Å². The van der Waals surface area contributed by atoms with E-state index in [1.807, 2.05) is 6.92 Å². The van der Waals surface area contributed by atoms with E-state index in [0.29, 0.717) is 23.4 Å². The molecule has 6 heteroatoms. The van der Waals surface area contributed by atoms with E-state index in [1.165, 1.54) is 18.9 Å². The number of carboxylic acids is 1. The van der Waals surface area contributed by atoms with Gasteiger partial charge in [0.15, 0.2) is 0 Å². The third kappa shape index (κ3) is 2.82. The van der Waals surface area contributed by atoms with Crippen molar-refractivity contribution < 1.29 is 14.7 Å². The molecule has 98 valence electrons. The van der Waals surface area contributed by atoms with Crippen LogP contribution in [0.4, 0.5) is 0 Å². The monoisotopic (exact) mass is 251 g/mol. The Kier molecular flexibility index (Phi) is 4.36. The highest BCUT2D eigenvalue weighted by Crippen LogP contribution is 2.12. The highest BCUT2D eigenvalue weighted by atomic mass is 16.4. The van der Waals surface area contributed by atoms with Gasteiger partial charge in [-0.1, -0.05) is 6.92 Å². The number of likely N-dealkylation sites (N-methyl/N-ethyl adjacent to an activating group) is 1. The lowest BCUT2D eigenvalue weighted by Gasteiger charge is -2.22. The summed E-state index contributed by atoms with van der Waals surface area (Å²) in [6.45, 7) is 5.08. The first kappa shape index (κ1) is 14.1. The van der Waals surface area contributed by atoms with Crippen molar-refractivity contribution in [2.45, 2.75) is 33.2 Å². The van der Waals surface area contributed by atoms with E-state index in [-0.39, 0.29) is 5.91 Å². The molecule has 1 amide bonds. The molecule has 1 unspecified atom stereocenters. The Morgan fingerprint density at radius 3 is 2.56 bits per heavy atom. The molecule has 18 heavy (non-hydrogen) atoms.